The molecule has 3 rings (SSSR count). The van der Waals surface area contributed by atoms with Gasteiger partial charge in [0.15, 0.2) is 0 Å². The van der Waals surface area contributed by atoms with Gasteiger partial charge in [0, 0.05) is 12.1 Å². The Morgan fingerprint density at radius 2 is 1.44 bits per heavy atom. The molecule has 0 bridgehead atoms. The van der Waals surface area contributed by atoms with Gasteiger partial charge in [0.25, 0.3) is 0 Å². The Bertz CT molecular complexity index is 1170. The molecule has 1 amide bonds. The molecule has 0 heterocycles. The third-order valence-electron chi connectivity index (χ3n) is 5.28. The van der Waals surface area contributed by atoms with Crippen molar-refractivity contribution in [1.29, 1.82) is 0 Å². The van der Waals surface area contributed by atoms with Crippen LogP contribution >= 0.6 is 7.82 Å². The van der Waals surface area contributed by atoms with E-state index in [1.807, 2.05) is 31.2 Å². The lowest BCUT2D eigenvalue weighted by molar-refractivity contribution is -0.121. The number of nitrogens with one attached hydrogen (secondary N) is 1. The molecular formula is C26H31N2O7P. The van der Waals surface area contributed by atoms with E-state index in [4.69, 9.17) is 25.0 Å². The number of hydrogen-bond acceptors (Lipinski definition) is 6. The third kappa shape index (κ3) is 8.48. The van der Waals surface area contributed by atoms with E-state index < -0.39 is 25.9 Å². The zero-order valence-electron chi connectivity index (χ0n) is 20.2. The minimum absolute atomic E-state index is 0.463. The zero-order valence-corrected chi connectivity index (χ0v) is 21.1. The molecule has 9 nitrogen and oxygen atoms in total. The highest BCUT2D eigenvalue weighted by Gasteiger charge is 2.32. The average Bonchev–Trinajstić information content (AvgIpc) is 2.85. The molecule has 0 saturated carbocycles. The van der Waals surface area contributed by atoms with Crippen LogP contribution in [0.4, 0.5) is 5.69 Å². The first-order chi connectivity index (χ1) is 17.1. The van der Waals surface area contributed by atoms with Crippen LogP contribution < -0.4 is 20.5 Å². The second-order valence-electron chi connectivity index (χ2n) is 8.41. The summed E-state index contributed by atoms with van der Waals surface area (Å²) >= 11 is 0. The Hall–Kier alpha value is -3.20. The van der Waals surface area contributed by atoms with Gasteiger partial charge in [-0.1, -0.05) is 36.4 Å². The Balaban J connectivity index is 1.46. The largest absolute Gasteiger partial charge is 0.494 e. The number of phosphoric acid groups is 1. The molecule has 0 unspecified atom stereocenters. The number of amides is 1. The summed E-state index contributed by atoms with van der Waals surface area (Å²) in [6.07, 6.45) is 0.729. The van der Waals surface area contributed by atoms with Crippen molar-refractivity contribution in [3.63, 3.8) is 0 Å². The van der Waals surface area contributed by atoms with Crippen LogP contribution in [0.2, 0.25) is 0 Å². The number of rotatable bonds is 12. The molecule has 0 saturated heterocycles. The van der Waals surface area contributed by atoms with E-state index in [-0.39, 0.29) is 0 Å². The van der Waals surface area contributed by atoms with Crippen LogP contribution in [-0.2, 0) is 20.3 Å². The minimum atomic E-state index is -4.73. The lowest BCUT2D eigenvalue weighted by Gasteiger charge is -2.23. The molecule has 0 radical (unpaired) electrons. The summed E-state index contributed by atoms with van der Waals surface area (Å²) in [5.41, 5.74) is 8.05. The van der Waals surface area contributed by atoms with Crippen LogP contribution in [0.15, 0.2) is 72.8 Å². The Morgan fingerprint density at radius 1 is 0.917 bits per heavy atom. The lowest BCUT2D eigenvalue weighted by atomic mass is 10.0. The van der Waals surface area contributed by atoms with E-state index in [1.165, 1.54) is 6.92 Å². The SMILES string of the molecule is CCOc1ccc(-c2ccc(CCOc3ccc(NC(=O)[C@@](C)(N)COP(=O)(O)O)cc3)cc2)cc1. The molecule has 0 aliphatic carbocycles. The van der Waals surface area contributed by atoms with Crippen LogP contribution in [0, 0.1) is 0 Å². The predicted molar refractivity (Wildman–Crippen MR) is 138 cm³/mol. The number of ether oxygens (including phenoxy) is 2. The molecular weight excluding hydrogens is 483 g/mol. The van der Waals surface area contributed by atoms with E-state index in [0.717, 1.165) is 28.9 Å². The maximum atomic E-state index is 12.3. The first-order valence-corrected chi connectivity index (χ1v) is 12.9. The van der Waals surface area contributed by atoms with Crippen LogP contribution in [0.3, 0.4) is 0 Å². The second-order valence-corrected chi connectivity index (χ2v) is 9.65. The molecule has 0 aliphatic heterocycles. The van der Waals surface area contributed by atoms with E-state index in [0.29, 0.717) is 24.7 Å². The number of hydrogen-bond donors (Lipinski definition) is 4. The molecule has 0 fully saturated rings. The van der Waals surface area contributed by atoms with Crippen molar-refractivity contribution in [3.05, 3.63) is 78.4 Å². The van der Waals surface area contributed by atoms with Gasteiger partial charge < -0.3 is 30.3 Å². The fourth-order valence-electron chi connectivity index (χ4n) is 3.25. The summed E-state index contributed by atoms with van der Waals surface area (Å²) in [6, 6.07) is 23.1. The van der Waals surface area contributed by atoms with Crippen molar-refractivity contribution in [2.45, 2.75) is 25.8 Å². The van der Waals surface area contributed by atoms with Crippen molar-refractivity contribution in [2.75, 3.05) is 25.1 Å². The monoisotopic (exact) mass is 514 g/mol. The van der Waals surface area contributed by atoms with Crippen LogP contribution in [-0.4, -0.2) is 41.1 Å². The maximum Gasteiger partial charge on any atom is 0.469 e. The highest BCUT2D eigenvalue weighted by Crippen LogP contribution is 2.36. The molecule has 1 atom stereocenters. The van der Waals surface area contributed by atoms with Gasteiger partial charge in [-0.2, -0.15) is 0 Å². The van der Waals surface area contributed by atoms with Gasteiger partial charge in [-0.05, 0) is 66.9 Å². The average molecular weight is 515 g/mol. The number of carbonyl (C=O) groups excluding carboxylic acids is 1. The molecule has 3 aromatic carbocycles. The first kappa shape index (κ1) is 27.4. The summed E-state index contributed by atoms with van der Waals surface area (Å²) in [5, 5.41) is 2.60. The minimum Gasteiger partial charge on any atom is -0.494 e. The van der Waals surface area contributed by atoms with Crippen LogP contribution in [0.5, 0.6) is 11.5 Å². The summed E-state index contributed by atoms with van der Waals surface area (Å²) in [4.78, 5) is 29.9. The standard InChI is InChI=1S/C26H31N2O7P/c1-3-33-23-12-8-21(9-13-23)20-6-4-19(5-7-20)16-17-34-24-14-10-22(11-15-24)28-25(29)26(2,27)18-35-36(30,31)32/h4-15H,3,16-18,27H2,1-2H3,(H,28,29)(H2,30,31,32)/t26-/m0/s1. The van der Waals surface area contributed by atoms with Crippen molar-refractivity contribution in [2.24, 2.45) is 5.73 Å². The molecule has 36 heavy (non-hydrogen) atoms. The van der Waals surface area contributed by atoms with Gasteiger partial charge in [-0.15, -0.1) is 0 Å². The smallest absolute Gasteiger partial charge is 0.469 e. The second kappa shape index (κ2) is 12.2. The van der Waals surface area contributed by atoms with Crippen LogP contribution in [0.1, 0.15) is 19.4 Å². The molecule has 0 aliphatic rings. The van der Waals surface area contributed by atoms with Gasteiger partial charge in [-0.25, -0.2) is 4.57 Å². The number of phosphoric ester groups is 1. The fourth-order valence-corrected chi connectivity index (χ4v) is 3.69. The number of nitrogens with two attached hydrogens (primary N) is 1. The maximum absolute atomic E-state index is 12.3. The lowest BCUT2D eigenvalue weighted by Crippen LogP contribution is -2.52. The molecule has 3 aromatic rings. The quantitative estimate of drug-likeness (QED) is 0.265. The molecule has 192 valence electrons. The Morgan fingerprint density at radius 3 is 2.00 bits per heavy atom. The molecule has 5 N–H and O–H groups in total. The first-order valence-electron chi connectivity index (χ1n) is 11.4. The molecule has 0 spiro atoms. The van der Waals surface area contributed by atoms with E-state index in [1.54, 1.807) is 24.3 Å². The van der Waals surface area contributed by atoms with E-state index in [2.05, 4.69) is 34.1 Å². The Labute approximate surface area is 210 Å². The number of carbonyl (C=O) groups is 1. The number of benzene rings is 3. The molecule has 0 aromatic heterocycles. The number of anilines is 1. The van der Waals surface area contributed by atoms with Gasteiger partial charge in [0.2, 0.25) is 5.91 Å². The van der Waals surface area contributed by atoms with Gasteiger partial charge in [0.1, 0.15) is 17.0 Å². The van der Waals surface area contributed by atoms with Gasteiger partial charge in [0.05, 0.1) is 19.8 Å². The fraction of sp³-hybridized carbons (Fsp3) is 0.269. The van der Waals surface area contributed by atoms with Gasteiger partial charge >= 0.3 is 7.82 Å². The predicted octanol–water partition coefficient (Wildman–Crippen LogP) is 4.14. The third-order valence-corrected chi connectivity index (χ3v) is 5.74. The van der Waals surface area contributed by atoms with Crippen LogP contribution in [0.25, 0.3) is 11.1 Å². The van der Waals surface area contributed by atoms with Crippen molar-refractivity contribution in [3.8, 4) is 22.6 Å². The van der Waals surface area contributed by atoms with Crippen molar-refractivity contribution < 1.29 is 33.1 Å². The summed E-state index contributed by atoms with van der Waals surface area (Å²) in [7, 11) is -4.73. The van der Waals surface area contributed by atoms with E-state index >= 15 is 0 Å². The normalized spacial score (nSPS) is 13.0. The summed E-state index contributed by atoms with van der Waals surface area (Å²) in [5.74, 6) is 0.855. The van der Waals surface area contributed by atoms with E-state index in [9.17, 15) is 9.36 Å². The summed E-state index contributed by atoms with van der Waals surface area (Å²) in [6.45, 7) is 3.77. The summed E-state index contributed by atoms with van der Waals surface area (Å²) < 4.78 is 26.5. The highest BCUT2D eigenvalue weighted by atomic mass is 31.2. The zero-order chi connectivity index (χ0) is 26.2. The van der Waals surface area contributed by atoms with Gasteiger partial charge in [-0.3, -0.25) is 9.32 Å². The van der Waals surface area contributed by atoms with Crippen molar-refractivity contribution in [1.82, 2.24) is 0 Å². The topological polar surface area (TPSA) is 140 Å². The molecule has 10 heteroatoms. The van der Waals surface area contributed by atoms with Crippen molar-refractivity contribution >= 4 is 19.4 Å². The highest BCUT2D eigenvalue weighted by molar-refractivity contribution is 7.46. The Kier molecular flexibility index (Phi) is 9.25.